The molecular formula is C26H36N2O2S. The van der Waals surface area contributed by atoms with E-state index < -0.39 is 0 Å². The van der Waals surface area contributed by atoms with Crippen LogP contribution in [0.15, 0.2) is 35.7 Å². The lowest BCUT2D eigenvalue weighted by Gasteiger charge is -2.39. The molecule has 0 saturated heterocycles. The first-order valence-electron chi connectivity index (χ1n) is 11.3. The third kappa shape index (κ3) is 5.57. The molecule has 0 saturated carbocycles. The number of carbonyl (C=O) groups excluding carboxylic acids is 2. The van der Waals surface area contributed by atoms with Crippen LogP contribution in [0, 0.1) is 12.3 Å². The van der Waals surface area contributed by atoms with Crippen LogP contribution in [0.4, 0.5) is 0 Å². The van der Waals surface area contributed by atoms with Crippen LogP contribution in [0.25, 0.3) is 0 Å². The second-order valence-electron chi connectivity index (χ2n) is 9.97. The van der Waals surface area contributed by atoms with Crippen LogP contribution in [0.1, 0.15) is 75.1 Å². The second kappa shape index (κ2) is 9.56. The highest BCUT2D eigenvalue weighted by atomic mass is 32.1. The molecule has 1 aliphatic heterocycles. The molecule has 1 aromatic heterocycles. The van der Waals surface area contributed by atoms with Gasteiger partial charge >= 0.3 is 0 Å². The van der Waals surface area contributed by atoms with Crippen LogP contribution >= 0.6 is 11.3 Å². The normalized spacial score (nSPS) is 17.2. The minimum absolute atomic E-state index is 0.0324. The van der Waals surface area contributed by atoms with Gasteiger partial charge in [-0.15, -0.1) is 11.3 Å². The van der Waals surface area contributed by atoms with Crippen molar-refractivity contribution in [2.24, 2.45) is 5.41 Å². The summed E-state index contributed by atoms with van der Waals surface area (Å²) in [5.41, 5.74) is 3.46. The van der Waals surface area contributed by atoms with Crippen molar-refractivity contribution in [3.8, 4) is 0 Å². The Morgan fingerprint density at radius 3 is 2.48 bits per heavy atom. The number of thiophene rings is 1. The number of nitrogens with zero attached hydrogens (tertiary/aromatic N) is 2. The zero-order valence-corrected chi connectivity index (χ0v) is 20.6. The summed E-state index contributed by atoms with van der Waals surface area (Å²) in [7, 11) is 0. The number of fused-ring (bicyclic) bond motifs is 1. The molecule has 1 aliphatic rings. The molecule has 0 spiro atoms. The van der Waals surface area contributed by atoms with Gasteiger partial charge in [0.25, 0.3) is 0 Å². The van der Waals surface area contributed by atoms with E-state index in [4.69, 9.17) is 0 Å². The van der Waals surface area contributed by atoms with Gasteiger partial charge in [-0.2, -0.15) is 0 Å². The second-order valence-corrected chi connectivity index (χ2v) is 11.0. The quantitative estimate of drug-likeness (QED) is 0.587. The van der Waals surface area contributed by atoms with Crippen LogP contribution in [0.2, 0.25) is 0 Å². The highest BCUT2D eigenvalue weighted by Gasteiger charge is 2.35. The molecule has 5 heteroatoms. The number of carbonyl (C=O) groups is 2. The molecule has 2 heterocycles. The molecule has 168 valence electrons. The molecule has 4 nitrogen and oxygen atoms in total. The minimum Gasteiger partial charge on any atom is -0.331 e. The van der Waals surface area contributed by atoms with E-state index in [9.17, 15) is 9.59 Å². The van der Waals surface area contributed by atoms with Crippen molar-refractivity contribution in [2.75, 3.05) is 13.1 Å². The van der Waals surface area contributed by atoms with Gasteiger partial charge in [0, 0.05) is 23.9 Å². The Morgan fingerprint density at radius 1 is 1.19 bits per heavy atom. The van der Waals surface area contributed by atoms with Crippen LogP contribution < -0.4 is 0 Å². The molecular weight excluding hydrogens is 404 g/mol. The third-order valence-electron chi connectivity index (χ3n) is 6.11. The van der Waals surface area contributed by atoms with Crippen molar-refractivity contribution in [1.82, 2.24) is 9.80 Å². The smallest absolute Gasteiger partial charge is 0.243 e. The zero-order chi connectivity index (χ0) is 22.8. The number of hydrogen-bond donors (Lipinski definition) is 0. The maximum Gasteiger partial charge on any atom is 0.243 e. The Kier molecular flexibility index (Phi) is 7.25. The first-order chi connectivity index (χ1) is 14.6. The molecule has 0 fully saturated rings. The van der Waals surface area contributed by atoms with Crippen molar-refractivity contribution in [3.63, 3.8) is 0 Å². The van der Waals surface area contributed by atoms with E-state index in [0.29, 0.717) is 13.0 Å². The summed E-state index contributed by atoms with van der Waals surface area (Å²) in [4.78, 5) is 31.8. The fraction of sp³-hybridized carbons (Fsp3) is 0.538. The van der Waals surface area contributed by atoms with Gasteiger partial charge in [0.15, 0.2) is 0 Å². The molecule has 2 aromatic rings. The molecule has 2 atom stereocenters. The van der Waals surface area contributed by atoms with Gasteiger partial charge in [0.1, 0.15) is 6.54 Å². The van der Waals surface area contributed by atoms with Crippen molar-refractivity contribution < 1.29 is 9.59 Å². The van der Waals surface area contributed by atoms with Crippen molar-refractivity contribution in [2.45, 2.75) is 72.9 Å². The van der Waals surface area contributed by atoms with E-state index in [0.717, 1.165) is 18.4 Å². The minimum atomic E-state index is -0.104. The Morgan fingerprint density at radius 2 is 1.87 bits per heavy atom. The van der Waals surface area contributed by atoms with E-state index >= 15 is 0 Å². The van der Waals surface area contributed by atoms with E-state index in [1.165, 1.54) is 16.0 Å². The molecule has 0 N–H and O–H groups in total. The zero-order valence-electron chi connectivity index (χ0n) is 19.8. The van der Waals surface area contributed by atoms with Crippen LogP contribution in [-0.4, -0.2) is 40.7 Å². The summed E-state index contributed by atoms with van der Waals surface area (Å²) in [6.45, 7) is 13.2. The summed E-state index contributed by atoms with van der Waals surface area (Å²) in [5, 5.41) is 2.12. The number of hydrogen-bond acceptors (Lipinski definition) is 3. The summed E-state index contributed by atoms with van der Waals surface area (Å²) < 4.78 is 0. The molecule has 0 aliphatic carbocycles. The van der Waals surface area contributed by atoms with E-state index in [-0.39, 0.29) is 35.9 Å². The van der Waals surface area contributed by atoms with Crippen molar-refractivity contribution >= 4 is 23.2 Å². The molecule has 2 unspecified atom stereocenters. The monoisotopic (exact) mass is 440 g/mol. The van der Waals surface area contributed by atoms with E-state index in [1.54, 1.807) is 16.2 Å². The molecule has 0 bridgehead atoms. The predicted octanol–water partition coefficient (Wildman–Crippen LogP) is 5.59. The molecule has 0 radical (unpaired) electrons. The van der Waals surface area contributed by atoms with Crippen LogP contribution in [0.3, 0.4) is 0 Å². The summed E-state index contributed by atoms with van der Waals surface area (Å²) >= 11 is 1.77. The molecule has 2 amide bonds. The molecule has 1 aromatic carbocycles. The Labute approximate surface area is 191 Å². The Bertz CT molecular complexity index is 910. The first-order valence-corrected chi connectivity index (χ1v) is 12.2. The lowest BCUT2D eigenvalue weighted by atomic mass is 9.91. The fourth-order valence-corrected chi connectivity index (χ4v) is 5.10. The van der Waals surface area contributed by atoms with Gasteiger partial charge in [0.05, 0.1) is 6.04 Å². The largest absolute Gasteiger partial charge is 0.331 e. The van der Waals surface area contributed by atoms with Crippen LogP contribution in [-0.2, 0) is 16.0 Å². The van der Waals surface area contributed by atoms with Gasteiger partial charge in [-0.25, -0.2) is 0 Å². The van der Waals surface area contributed by atoms with Gasteiger partial charge < -0.3 is 9.80 Å². The van der Waals surface area contributed by atoms with E-state index in [2.05, 4.69) is 70.3 Å². The van der Waals surface area contributed by atoms with Gasteiger partial charge in [-0.1, -0.05) is 57.5 Å². The number of aryl methyl sites for hydroxylation is 1. The van der Waals surface area contributed by atoms with Gasteiger partial charge in [-0.3, -0.25) is 9.59 Å². The lowest BCUT2D eigenvalue weighted by molar-refractivity contribution is -0.144. The maximum absolute atomic E-state index is 13.6. The van der Waals surface area contributed by atoms with Crippen molar-refractivity contribution in [1.29, 1.82) is 0 Å². The highest BCUT2D eigenvalue weighted by Crippen LogP contribution is 2.38. The predicted molar refractivity (Wildman–Crippen MR) is 128 cm³/mol. The van der Waals surface area contributed by atoms with Crippen molar-refractivity contribution in [3.05, 3.63) is 57.3 Å². The third-order valence-corrected chi connectivity index (χ3v) is 7.11. The molecule has 3 rings (SSSR count). The average molecular weight is 441 g/mol. The topological polar surface area (TPSA) is 40.6 Å². The Hall–Kier alpha value is -2.14. The average Bonchev–Trinajstić information content (AvgIpc) is 3.18. The standard InChI is InChI=1S/C26H36N2O2S/c1-7-19(3)28(23(29)16-26(4,5)6)17-24(30)27-14-12-22-21(13-15-31-22)25(27)20-10-8-18(2)9-11-20/h8-11,13,15,19,25H,7,12,14,16-17H2,1-6H3. The van der Waals surface area contributed by atoms with E-state index in [1.807, 2.05) is 11.8 Å². The van der Waals surface area contributed by atoms with Gasteiger partial charge in [-0.05, 0) is 54.7 Å². The number of rotatable bonds is 6. The van der Waals surface area contributed by atoms with Gasteiger partial charge in [0.2, 0.25) is 11.8 Å². The SMILES string of the molecule is CCC(C)N(CC(=O)N1CCc2sccc2C1c1ccc(C)cc1)C(=O)CC(C)(C)C. The summed E-state index contributed by atoms with van der Waals surface area (Å²) in [6.07, 6.45) is 2.15. The van der Waals surface area contributed by atoms with Crippen LogP contribution in [0.5, 0.6) is 0 Å². The molecule has 31 heavy (non-hydrogen) atoms. The maximum atomic E-state index is 13.6. The first kappa shape index (κ1) is 23.5. The summed E-state index contributed by atoms with van der Waals surface area (Å²) in [5.74, 6) is 0.0975. The summed E-state index contributed by atoms with van der Waals surface area (Å²) in [6, 6.07) is 10.6. The highest BCUT2D eigenvalue weighted by molar-refractivity contribution is 7.10. The number of amides is 2. The Balaban J connectivity index is 1.88. The fourth-order valence-electron chi connectivity index (χ4n) is 4.20. The lowest BCUT2D eigenvalue weighted by Crippen LogP contribution is -2.49. The number of benzene rings is 1.